The highest BCUT2D eigenvalue weighted by Gasteiger charge is 2.34. The maximum absolute atomic E-state index is 12.2. The lowest BCUT2D eigenvalue weighted by Crippen LogP contribution is -2.49. The lowest BCUT2D eigenvalue weighted by Gasteiger charge is -2.25. The summed E-state index contributed by atoms with van der Waals surface area (Å²) in [6, 6.07) is -1.58. The third-order valence-electron chi connectivity index (χ3n) is 2.17. The predicted molar refractivity (Wildman–Crippen MR) is 61.3 cm³/mol. The van der Waals surface area contributed by atoms with E-state index in [2.05, 4.69) is 11.2 Å². The Bertz CT molecular complexity index is 363. The second-order valence-electron chi connectivity index (χ2n) is 3.83. The minimum Gasteiger partial charge on any atom is -0.480 e. The molecule has 1 atom stereocenters. The summed E-state index contributed by atoms with van der Waals surface area (Å²) in [5.74, 6) is 0.757. The number of alkyl halides is 3. The number of terminal acetylenes is 1. The van der Waals surface area contributed by atoms with Gasteiger partial charge in [-0.25, -0.2) is 4.79 Å². The molecule has 0 bridgehead atoms. The maximum Gasteiger partial charge on any atom is 0.406 e. The van der Waals surface area contributed by atoms with Gasteiger partial charge >= 0.3 is 18.2 Å². The van der Waals surface area contributed by atoms with Crippen LogP contribution in [-0.4, -0.2) is 47.3 Å². The Hall–Kier alpha value is -1.91. The number of carbonyl (C=O) groups is 2. The van der Waals surface area contributed by atoms with Crippen molar-refractivity contribution in [1.29, 1.82) is 0 Å². The number of carbonyl (C=O) groups excluding carboxylic acids is 1. The van der Waals surface area contributed by atoms with Crippen molar-refractivity contribution >= 4 is 12.0 Å². The average Bonchev–Trinajstić information content (AvgIpc) is 2.24. The Morgan fingerprint density at radius 1 is 1.47 bits per heavy atom. The fraction of sp³-hybridized carbons (Fsp3) is 0.636. The van der Waals surface area contributed by atoms with Gasteiger partial charge in [0, 0.05) is 12.5 Å². The van der Waals surface area contributed by atoms with Crippen LogP contribution in [0.5, 0.6) is 0 Å². The van der Waals surface area contributed by atoms with Crippen molar-refractivity contribution in [3.05, 3.63) is 0 Å². The molecule has 1 unspecified atom stereocenters. The number of hydrogen-bond donors (Lipinski definition) is 2. The molecule has 0 aliphatic heterocycles. The predicted octanol–water partition coefficient (Wildman–Crippen LogP) is 1.45. The van der Waals surface area contributed by atoms with Gasteiger partial charge in [0.25, 0.3) is 0 Å². The van der Waals surface area contributed by atoms with Crippen LogP contribution in [-0.2, 0) is 4.79 Å². The highest BCUT2D eigenvalue weighted by Crippen LogP contribution is 2.16. The van der Waals surface area contributed by atoms with Crippen LogP contribution in [0.1, 0.15) is 19.8 Å². The Morgan fingerprint density at radius 3 is 2.42 bits per heavy atom. The number of halogens is 3. The van der Waals surface area contributed by atoms with E-state index in [1.54, 1.807) is 6.92 Å². The molecule has 0 heterocycles. The van der Waals surface area contributed by atoms with E-state index < -0.39 is 37.3 Å². The molecule has 108 valence electrons. The summed E-state index contributed by atoms with van der Waals surface area (Å²) in [5.41, 5.74) is 0. The first-order valence-electron chi connectivity index (χ1n) is 5.47. The molecule has 0 fully saturated rings. The van der Waals surface area contributed by atoms with Crippen LogP contribution in [0.25, 0.3) is 0 Å². The first kappa shape index (κ1) is 17.1. The molecule has 0 aromatic carbocycles. The monoisotopic (exact) mass is 280 g/mol. The summed E-state index contributed by atoms with van der Waals surface area (Å²) >= 11 is 0. The van der Waals surface area contributed by atoms with Gasteiger partial charge in [-0.1, -0.05) is 6.92 Å². The fourth-order valence-corrected chi connectivity index (χ4v) is 1.28. The largest absolute Gasteiger partial charge is 0.480 e. The summed E-state index contributed by atoms with van der Waals surface area (Å²) in [7, 11) is 0. The minimum absolute atomic E-state index is 0.162. The Labute approximate surface area is 108 Å². The number of rotatable bonds is 6. The molecule has 5 nitrogen and oxygen atoms in total. The zero-order valence-corrected chi connectivity index (χ0v) is 10.3. The summed E-state index contributed by atoms with van der Waals surface area (Å²) in [4.78, 5) is 22.2. The van der Waals surface area contributed by atoms with Crippen LogP contribution < -0.4 is 5.32 Å². The van der Waals surface area contributed by atoms with Crippen LogP contribution in [0.4, 0.5) is 18.0 Å². The average molecular weight is 280 g/mol. The molecule has 8 heteroatoms. The third kappa shape index (κ3) is 7.91. The number of amides is 2. The summed E-state index contributed by atoms with van der Waals surface area (Å²) < 4.78 is 36.7. The van der Waals surface area contributed by atoms with Crippen molar-refractivity contribution in [1.82, 2.24) is 10.2 Å². The molecule has 0 aliphatic rings. The van der Waals surface area contributed by atoms with Crippen molar-refractivity contribution < 1.29 is 27.9 Å². The first-order valence-corrected chi connectivity index (χ1v) is 5.47. The number of carboxylic acids is 1. The molecule has 0 saturated heterocycles. The highest BCUT2D eigenvalue weighted by molar-refractivity contribution is 5.80. The van der Waals surface area contributed by atoms with Gasteiger partial charge in [0.15, 0.2) is 0 Å². The van der Waals surface area contributed by atoms with Crippen molar-refractivity contribution in [2.45, 2.75) is 32.0 Å². The van der Waals surface area contributed by atoms with Gasteiger partial charge < -0.3 is 15.3 Å². The number of carboxylic acid groups (broad SMARTS) is 1. The molecule has 0 aliphatic carbocycles. The van der Waals surface area contributed by atoms with Crippen molar-refractivity contribution in [3.63, 3.8) is 0 Å². The molecule has 0 aromatic rings. The Morgan fingerprint density at radius 2 is 2.05 bits per heavy atom. The summed E-state index contributed by atoms with van der Waals surface area (Å²) in [6.45, 7) is -0.955. The van der Waals surface area contributed by atoms with Gasteiger partial charge in [0.1, 0.15) is 13.1 Å². The van der Waals surface area contributed by atoms with Crippen LogP contribution in [0.2, 0.25) is 0 Å². The standard InChI is InChI=1S/C11H15F3N2O3/c1-3-5-8(4-2)15-10(19)16(6-9(17)18)7-11(12,13)14/h1,8H,4-7H2,2H3,(H,15,19)(H,17,18). The SMILES string of the molecule is C#CCC(CC)NC(=O)N(CC(=O)O)CC(F)(F)F. The zero-order chi connectivity index (χ0) is 15.1. The number of nitrogens with zero attached hydrogens (tertiary/aromatic N) is 1. The lowest BCUT2D eigenvalue weighted by atomic mass is 10.1. The first-order chi connectivity index (χ1) is 8.69. The van der Waals surface area contributed by atoms with Crippen LogP contribution in [0, 0.1) is 12.3 Å². The second-order valence-corrected chi connectivity index (χ2v) is 3.83. The minimum atomic E-state index is -4.67. The molecule has 0 radical (unpaired) electrons. The van der Waals surface area contributed by atoms with Crippen LogP contribution >= 0.6 is 0 Å². The van der Waals surface area contributed by atoms with Crippen molar-refractivity contribution in [2.24, 2.45) is 0 Å². The van der Waals surface area contributed by atoms with E-state index in [0.717, 1.165) is 0 Å². The molecule has 0 rings (SSSR count). The topological polar surface area (TPSA) is 69.6 Å². The molecule has 2 N–H and O–H groups in total. The van der Waals surface area contributed by atoms with Crippen molar-refractivity contribution in [2.75, 3.05) is 13.1 Å². The fourth-order valence-electron chi connectivity index (χ4n) is 1.28. The highest BCUT2D eigenvalue weighted by atomic mass is 19.4. The molecular formula is C11H15F3N2O3. The van der Waals surface area contributed by atoms with Gasteiger partial charge in [-0.05, 0) is 6.42 Å². The van der Waals surface area contributed by atoms with Gasteiger partial charge in [-0.3, -0.25) is 4.79 Å². The normalized spacial score (nSPS) is 12.4. The number of aliphatic carboxylic acids is 1. The van der Waals surface area contributed by atoms with Crippen LogP contribution in [0.15, 0.2) is 0 Å². The van der Waals surface area contributed by atoms with Gasteiger partial charge in [0.05, 0.1) is 0 Å². The molecular weight excluding hydrogens is 265 g/mol. The van der Waals surface area contributed by atoms with E-state index in [4.69, 9.17) is 11.5 Å². The number of hydrogen-bond acceptors (Lipinski definition) is 2. The number of nitrogens with one attached hydrogen (secondary N) is 1. The zero-order valence-electron chi connectivity index (χ0n) is 10.3. The number of urea groups is 1. The van der Waals surface area contributed by atoms with E-state index in [-0.39, 0.29) is 11.3 Å². The Balaban J connectivity index is 4.71. The van der Waals surface area contributed by atoms with Gasteiger partial charge in [-0.2, -0.15) is 13.2 Å². The van der Waals surface area contributed by atoms with Gasteiger partial charge in [0.2, 0.25) is 0 Å². The lowest BCUT2D eigenvalue weighted by molar-refractivity contribution is -0.149. The van der Waals surface area contributed by atoms with E-state index in [0.29, 0.717) is 6.42 Å². The molecule has 19 heavy (non-hydrogen) atoms. The maximum atomic E-state index is 12.2. The quantitative estimate of drug-likeness (QED) is 0.723. The van der Waals surface area contributed by atoms with Gasteiger partial charge in [-0.15, -0.1) is 12.3 Å². The molecule has 0 saturated carbocycles. The van der Waals surface area contributed by atoms with Crippen LogP contribution in [0.3, 0.4) is 0 Å². The molecule has 2 amide bonds. The third-order valence-corrected chi connectivity index (χ3v) is 2.17. The molecule has 0 spiro atoms. The molecule has 0 aromatic heterocycles. The smallest absolute Gasteiger partial charge is 0.406 e. The summed E-state index contributed by atoms with van der Waals surface area (Å²) in [6.07, 6.45) is 0.980. The van der Waals surface area contributed by atoms with E-state index in [1.807, 2.05) is 0 Å². The van der Waals surface area contributed by atoms with E-state index >= 15 is 0 Å². The second kappa shape index (κ2) is 7.51. The Kier molecular flexibility index (Phi) is 6.75. The van der Waals surface area contributed by atoms with E-state index in [9.17, 15) is 22.8 Å². The van der Waals surface area contributed by atoms with E-state index in [1.165, 1.54) is 0 Å². The summed E-state index contributed by atoms with van der Waals surface area (Å²) in [5, 5.41) is 10.8. The van der Waals surface area contributed by atoms with Crippen molar-refractivity contribution in [3.8, 4) is 12.3 Å².